The van der Waals surface area contributed by atoms with Gasteiger partial charge in [-0.2, -0.15) is 0 Å². The highest BCUT2D eigenvalue weighted by Gasteiger charge is 2.05. The van der Waals surface area contributed by atoms with Gasteiger partial charge in [-0.05, 0) is 23.8 Å². The first-order valence-corrected chi connectivity index (χ1v) is 6.72. The number of guanidine groups is 1. The molecule has 0 aliphatic heterocycles. The Balaban J connectivity index is 2.26. The monoisotopic (exact) mass is 251 g/mol. The standard InChI is InChI=1S/C13H21N3S/c1-4-7-15-13(14-3)16-10-11(2)9-12-6-5-8-17-12/h4-6,8,11H,1,7,9-10H2,2-3H3,(H2,14,15,16). The van der Waals surface area contributed by atoms with E-state index in [0.717, 1.165) is 25.5 Å². The second-order valence-corrected chi connectivity index (χ2v) is 5.04. The highest BCUT2D eigenvalue weighted by molar-refractivity contribution is 7.09. The molecule has 1 aromatic rings. The van der Waals surface area contributed by atoms with Crippen LogP contribution in [0.25, 0.3) is 0 Å². The molecule has 94 valence electrons. The Hall–Kier alpha value is -1.29. The van der Waals surface area contributed by atoms with Crippen molar-refractivity contribution in [1.82, 2.24) is 10.6 Å². The fourth-order valence-electron chi connectivity index (χ4n) is 1.50. The molecule has 0 spiro atoms. The van der Waals surface area contributed by atoms with Gasteiger partial charge in [-0.3, -0.25) is 4.99 Å². The van der Waals surface area contributed by atoms with Gasteiger partial charge in [-0.1, -0.05) is 19.1 Å². The zero-order valence-electron chi connectivity index (χ0n) is 10.6. The number of rotatable bonds is 6. The fourth-order valence-corrected chi connectivity index (χ4v) is 2.37. The van der Waals surface area contributed by atoms with Crippen molar-refractivity contribution >= 4 is 17.3 Å². The molecule has 0 aromatic carbocycles. The van der Waals surface area contributed by atoms with Gasteiger partial charge in [0.05, 0.1) is 0 Å². The van der Waals surface area contributed by atoms with Crippen molar-refractivity contribution in [2.45, 2.75) is 13.3 Å². The largest absolute Gasteiger partial charge is 0.356 e. The van der Waals surface area contributed by atoms with E-state index in [-0.39, 0.29) is 0 Å². The summed E-state index contributed by atoms with van der Waals surface area (Å²) >= 11 is 1.82. The number of hydrogen-bond acceptors (Lipinski definition) is 2. The summed E-state index contributed by atoms with van der Waals surface area (Å²) in [5.74, 6) is 1.43. The predicted molar refractivity (Wildman–Crippen MR) is 76.7 cm³/mol. The van der Waals surface area contributed by atoms with Crippen LogP contribution >= 0.6 is 11.3 Å². The van der Waals surface area contributed by atoms with Gasteiger partial charge >= 0.3 is 0 Å². The molecule has 1 rings (SSSR count). The van der Waals surface area contributed by atoms with Crippen molar-refractivity contribution in [2.75, 3.05) is 20.1 Å². The van der Waals surface area contributed by atoms with E-state index in [1.165, 1.54) is 4.88 Å². The van der Waals surface area contributed by atoms with Gasteiger partial charge in [0.1, 0.15) is 0 Å². The number of aliphatic imine (C=N–C) groups is 1. The molecule has 4 heteroatoms. The summed E-state index contributed by atoms with van der Waals surface area (Å²) in [4.78, 5) is 5.58. The Morgan fingerprint density at radius 2 is 2.41 bits per heavy atom. The van der Waals surface area contributed by atoms with Crippen LogP contribution in [0, 0.1) is 5.92 Å². The van der Waals surface area contributed by atoms with Crippen LogP contribution in [-0.4, -0.2) is 26.1 Å². The van der Waals surface area contributed by atoms with E-state index in [2.05, 4.69) is 46.6 Å². The molecule has 0 radical (unpaired) electrons. The van der Waals surface area contributed by atoms with Crippen molar-refractivity contribution in [1.29, 1.82) is 0 Å². The van der Waals surface area contributed by atoms with E-state index in [4.69, 9.17) is 0 Å². The van der Waals surface area contributed by atoms with Crippen LogP contribution < -0.4 is 10.6 Å². The van der Waals surface area contributed by atoms with Crippen LogP contribution in [0.2, 0.25) is 0 Å². The first kappa shape index (κ1) is 13.8. The van der Waals surface area contributed by atoms with Crippen LogP contribution in [-0.2, 0) is 6.42 Å². The van der Waals surface area contributed by atoms with Gasteiger partial charge in [0.2, 0.25) is 0 Å². The minimum atomic E-state index is 0.593. The third-order valence-electron chi connectivity index (χ3n) is 2.39. The van der Waals surface area contributed by atoms with E-state index in [1.54, 1.807) is 7.05 Å². The maximum Gasteiger partial charge on any atom is 0.191 e. The molecule has 0 aliphatic carbocycles. The Bertz CT molecular complexity index is 344. The zero-order chi connectivity index (χ0) is 12.5. The number of nitrogens with zero attached hydrogens (tertiary/aromatic N) is 1. The smallest absolute Gasteiger partial charge is 0.191 e. The SMILES string of the molecule is C=CCNC(=NC)NCC(C)Cc1cccs1. The van der Waals surface area contributed by atoms with E-state index in [1.807, 2.05) is 17.4 Å². The third kappa shape index (κ3) is 5.54. The Morgan fingerprint density at radius 1 is 1.59 bits per heavy atom. The average molecular weight is 251 g/mol. The molecule has 0 aliphatic rings. The first-order valence-electron chi connectivity index (χ1n) is 5.84. The molecule has 1 aromatic heterocycles. The van der Waals surface area contributed by atoms with Gasteiger partial charge in [0, 0.05) is 25.0 Å². The summed E-state index contributed by atoms with van der Waals surface area (Å²) in [6.07, 6.45) is 2.94. The van der Waals surface area contributed by atoms with Crippen molar-refractivity contribution in [3.63, 3.8) is 0 Å². The Labute approximate surface area is 108 Å². The van der Waals surface area contributed by atoms with Crippen molar-refractivity contribution in [2.24, 2.45) is 10.9 Å². The second-order valence-electron chi connectivity index (χ2n) is 4.01. The summed E-state index contributed by atoms with van der Waals surface area (Å²) in [5.41, 5.74) is 0. The van der Waals surface area contributed by atoms with Gasteiger partial charge in [0.15, 0.2) is 5.96 Å². The number of nitrogens with one attached hydrogen (secondary N) is 2. The van der Waals surface area contributed by atoms with Crippen LogP contribution in [0.5, 0.6) is 0 Å². The molecular weight excluding hydrogens is 230 g/mol. The summed E-state index contributed by atoms with van der Waals surface area (Å²) in [6, 6.07) is 4.29. The molecule has 17 heavy (non-hydrogen) atoms. The molecule has 0 fully saturated rings. The maximum atomic E-state index is 4.14. The van der Waals surface area contributed by atoms with E-state index >= 15 is 0 Å². The third-order valence-corrected chi connectivity index (χ3v) is 3.28. The van der Waals surface area contributed by atoms with Crippen LogP contribution in [0.15, 0.2) is 35.2 Å². The highest BCUT2D eigenvalue weighted by atomic mass is 32.1. The summed E-state index contributed by atoms with van der Waals surface area (Å²) in [5, 5.41) is 8.59. The van der Waals surface area contributed by atoms with Crippen molar-refractivity contribution in [3.05, 3.63) is 35.0 Å². The number of hydrogen-bond donors (Lipinski definition) is 2. The highest BCUT2D eigenvalue weighted by Crippen LogP contribution is 2.13. The molecule has 0 bridgehead atoms. The molecular formula is C13H21N3S. The average Bonchev–Trinajstić information content (AvgIpc) is 2.82. The summed E-state index contributed by atoms with van der Waals surface area (Å²) < 4.78 is 0. The molecule has 0 amide bonds. The summed E-state index contributed by atoms with van der Waals surface area (Å²) in [7, 11) is 1.78. The van der Waals surface area contributed by atoms with Crippen molar-refractivity contribution < 1.29 is 0 Å². The van der Waals surface area contributed by atoms with Gasteiger partial charge in [-0.15, -0.1) is 17.9 Å². The molecule has 1 heterocycles. The Morgan fingerprint density at radius 3 is 3.00 bits per heavy atom. The van der Waals surface area contributed by atoms with Gasteiger partial charge in [0.25, 0.3) is 0 Å². The molecule has 1 unspecified atom stereocenters. The maximum absolute atomic E-state index is 4.14. The van der Waals surface area contributed by atoms with Crippen molar-refractivity contribution in [3.8, 4) is 0 Å². The summed E-state index contributed by atoms with van der Waals surface area (Å²) in [6.45, 7) is 7.57. The molecule has 3 nitrogen and oxygen atoms in total. The lowest BCUT2D eigenvalue weighted by molar-refractivity contribution is 0.563. The van der Waals surface area contributed by atoms with Gasteiger partial charge < -0.3 is 10.6 Å². The lowest BCUT2D eigenvalue weighted by atomic mass is 10.1. The van der Waals surface area contributed by atoms with E-state index < -0.39 is 0 Å². The fraction of sp³-hybridized carbons (Fsp3) is 0.462. The predicted octanol–water partition coefficient (Wildman–Crippen LogP) is 2.28. The number of thiophene rings is 1. The zero-order valence-corrected chi connectivity index (χ0v) is 11.4. The second kappa shape index (κ2) is 7.90. The normalized spacial score (nSPS) is 13.2. The lowest BCUT2D eigenvalue weighted by Crippen LogP contribution is -2.39. The minimum Gasteiger partial charge on any atom is -0.356 e. The molecule has 0 saturated heterocycles. The van der Waals surface area contributed by atoms with Crippen LogP contribution in [0.4, 0.5) is 0 Å². The minimum absolute atomic E-state index is 0.593. The molecule has 2 N–H and O–H groups in total. The molecule has 1 atom stereocenters. The van der Waals surface area contributed by atoms with Crippen LogP contribution in [0.1, 0.15) is 11.8 Å². The quantitative estimate of drug-likeness (QED) is 0.462. The first-order chi connectivity index (χ1) is 8.26. The molecule has 0 saturated carbocycles. The van der Waals surface area contributed by atoms with Crippen LogP contribution in [0.3, 0.4) is 0 Å². The Kier molecular flexibility index (Phi) is 6.40. The van der Waals surface area contributed by atoms with Gasteiger partial charge in [-0.25, -0.2) is 0 Å². The van der Waals surface area contributed by atoms with E-state index in [9.17, 15) is 0 Å². The lowest BCUT2D eigenvalue weighted by Gasteiger charge is -2.14. The topological polar surface area (TPSA) is 36.4 Å². The van der Waals surface area contributed by atoms with E-state index in [0.29, 0.717) is 5.92 Å².